The van der Waals surface area contributed by atoms with Crippen LogP contribution in [0.4, 0.5) is 0 Å². The van der Waals surface area contributed by atoms with E-state index in [1.54, 1.807) is 13.3 Å². The lowest BCUT2D eigenvalue weighted by molar-refractivity contribution is -0.116. The van der Waals surface area contributed by atoms with Crippen LogP contribution >= 0.6 is 0 Å². The lowest BCUT2D eigenvalue weighted by atomic mass is 10.2. The Labute approximate surface area is 82.4 Å². The summed E-state index contributed by atoms with van der Waals surface area (Å²) in [6, 6.07) is 4.03. The first-order valence-electron chi connectivity index (χ1n) is 4.58. The van der Waals surface area contributed by atoms with Crippen LogP contribution in [0.2, 0.25) is 0 Å². The van der Waals surface area contributed by atoms with Gasteiger partial charge in [-0.1, -0.05) is 6.07 Å². The van der Waals surface area contributed by atoms with Gasteiger partial charge in [0.2, 0.25) is 0 Å². The van der Waals surface area contributed by atoms with Crippen LogP contribution in [-0.4, -0.2) is 15.2 Å². The van der Waals surface area contributed by atoms with Crippen LogP contribution in [-0.2, 0) is 11.2 Å². The number of aromatic nitrogens is 2. The average Bonchev–Trinajstić information content (AvgIpc) is 2.47. The fourth-order valence-corrected chi connectivity index (χ4v) is 1.54. The van der Waals surface area contributed by atoms with Crippen molar-refractivity contribution in [2.75, 3.05) is 0 Å². The molecule has 2 aromatic heterocycles. The Morgan fingerprint density at radius 2 is 2.29 bits per heavy atom. The minimum atomic E-state index is 0.145. The molecule has 2 heterocycles. The minimum Gasteiger partial charge on any atom is -0.306 e. The van der Waals surface area contributed by atoms with Gasteiger partial charge in [-0.2, -0.15) is 0 Å². The molecule has 0 amide bonds. The molecule has 0 fully saturated rings. The number of fused-ring (bicyclic) bond motifs is 1. The van der Waals surface area contributed by atoms with Gasteiger partial charge in [-0.3, -0.25) is 4.79 Å². The van der Waals surface area contributed by atoms with E-state index in [1.165, 1.54) is 5.56 Å². The lowest BCUT2D eigenvalue weighted by Crippen LogP contribution is -1.97. The van der Waals surface area contributed by atoms with Crippen molar-refractivity contribution in [3.05, 3.63) is 35.9 Å². The third-order valence-electron chi connectivity index (χ3n) is 2.18. The molecule has 0 saturated carbocycles. The van der Waals surface area contributed by atoms with Crippen LogP contribution in [0.15, 0.2) is 24.7 Å². The zero-order chi connectivity index (χ0) is 10.1. The number of hydrogen-bond donors (Lipinski definition) is 0. The Balaban J connectivity index is 2.52. The summed E-state index contributed by atoms with van der Waals surface area (Å²) in [5.74, 6) is 0.145. The maximum Gasteiger partial charge on any atom is 0.135 e. The smallest absolute Gasteiger partial charge is 0.135 e. The maximum absolute atomic E-state index is 11.0. The van der Waals surface area contributed by atoms with Crippen molar-refractivity contribution in [3.8, 4) is 0 Å². The zero-order valence-corrected chi connectivity index (χ0v) is 8.32. The molecule has 2 rings (SSSR count). The van der Waals surface area contributed by atoms with Gasteiger partial charge in [-0.15, -0.1) is 0 Å². The van der Waals surface area contributed by atoms with Crippen molar-refractivity contribution >= 4 is 11.3 Å². The van der Waals surface area contributed by atoms with Crippen LogP contribution in [0.1, 0.15) is 18.2 Å². The molecule has 3 nitrogen and oxygen atoms in total. The van der Waals surface area contributed by atoms with Crippen LogP contribution in [0, 0.1) is 6.92 Å². The first-order valence-corrected chi connectivity index (χ1v) is 4.58. The second-order valence-corrected chi connectivity index (χ2v) is 3.57. The van der Waals surface area contributed by atoms with Gasteiger partial charge in [0.05, 0.1) is 24.0 Å². The number of pyridine rings is 1. The molecule has 0 N–H and O–H groups in total. The maximum atomic E-state index is 11.0. The van der Waals surface area contributed by atoms with Crippen LogP contribution < -0.4 is 0 Å². The highest BCUT2D eigenvalue weighted by atomic mass is 16.1. The Hall–Kier alpha value is -1.64. The molecule has 0 radical (unpaired) electrons. The molecule has 0 spiro atoms. The predicted molar refractivity (Wildman–Crippen MR) is 54.3 cm³/mol. The van der Waals surface area contributed by atoms with Gasteiger partial charge >= 0.3 is 0 Å². The largest absolute Gasteiger partial charge is 0.306 e. The SMILES string of the molecule is CC(=O)Cc1ncn2cc(C)ccc12. The fourth-order valence-electron chi connectivity index (χ4n) is 1.54. The van der Waals surface area contributed by atoms with Gasteiger partial charge in [-0.25, -0.2) is 4.98 Å². The number of carbonyl (C=O) groups is 1. The van der Waals surface area contributed by atoms with E-state index >= 15 is 0 Å². The quantitative estimate of drug-likeness (QED) is 0.719. The lowest BCUT2D eigenvalue weighted by Gasteiger charge is -1.97. The van der Waals surface area contributed by atoms with Crippen molar-refractivity contribution < 1.29 is 4.79 Å². The second kappa shape index (κ2) is 3.25. The average molecular weight is 188 g/mol. The van der Waals surface area contributed by atoms with E-state index in [0.717, 1.165) is 11.2 Å². The molecule has 3 heteroatoms. The number of Topliss-reactive ketones (excluding diaryl/α,β-unsaturated/α-hetero) is 1. The Bertz CT molecular complexity index is 485. The molecule has 0 aliphatic heterocycles. The molecule has 0 unspecified atom stereocenters. The Morgan fingerprint density at radius 1 is 1.50 bits per heavy atom. The zero-order valence-electron chi connectivity index (χ0n) is 8.32. The summed E-state index contributed by atoms with van der Waals surface area (Å²) >= 11 is 0. The first-order chi connectivity index (χ1) is 6.66. The normalized spacial score (nSPS) is 10.7. The topological polar surface area (TPSA) is 34.4 Å². The molecule has 0 aliphatic carbocycles. The van der Waals surface area contributed by atoms with E-state index < -0.39 is 0 Å². The minimum absolute atomic E-state index is 0.145. The van der Waals surface area contributed by atoms with Crippen molar-refractivity contribution in [1.29, 1.82) is 0 Å². The van der Waals surface area contributed by atoms with E-state index in [-0.39, 0.29) is 5.78 Å². The highest BCUT2D eigenvalue weighted by molar-refractivity contribution is 5.80. The molecule has 72 valence electrons. The van der Waals surface area contributed by atoms with Gasteiger partial charge in [0.25, 0.3) is 0 Å². The van der Waals surface area contributed by atoms with E-state index in [2.05, 4.69) is 4.98 Å². The number of aryl methyl sites for hydroxylation is 1. The summed E-state index contributed by atoms with van der Waals surface area (Å²) in [7, 11) is 0. The number of hydrogen-bond acceptors (Lipinski definition) is 2. The van der Waals surface area contributed by atoms with Crippen LogP contribution in [0.3, 0.4) is 0 Å². The van der Waals surface area contributed by atoms with Gasteiger partial charge in [0, 0.05) is 6.20 Å². The second-order valence-electron chi connectivity index (χ2n) is 3.57. The van der Waals surface area contributed by atoms with Crippen molar-refractivity contribution in [1.82, 2.24) is 9.38 Å². The van der Waals surface area contributed by atoms with Crippen LogP contribution in [0.25, 0.3) is 5.52 Å². The molecule has 2 aromatic rings. The number of ketones is 1. The van der Waals surface area contributed by atoms with Crippen molar-refractivity contribution in [3.63, 3.8) is 0 Å². The number of rotatable bonds is 2. The highest BCUT2D eigenvalue weighted by Gasteiger charge is 2.05. The summed E-state index contributed by atoms with van der Waals surface area (Å²) in [4.78, 5) is 15.2. The van der Waals surface area contributed by atoms with E-state index in [0.29, 0.717) is 6.42 Å². The number of imidazole rings is 1. The Kier molecular flexibility index (Phi) is 2.08. The Morgan fingerprint density at radius 3 is 3.00 bits per heavy atom. The van der Waals surface area contributed by atoms with Crippen molar-refractivity contribution in [2.45, 2.75) is 20.3 Å². The molecule has 0 saturated heterocycles. The van der Waals surface area contributed by atoms with Crippen LogP contribution in [0.5, 0.6) is 0 Å². The summed E-state index contributed by atoms with van der Waals surface area (Å²) in [5, 5.41) is 0. The first kappa shape index (κ1) is 8.94. The predicted octanol–water partition coefficient (Wildman–Crippen LogP) is 1.77. The van der Waals surface area contributed by atoms with E-state index in [1.807, 2.05) is 29.7 Å². The van der Waals surface area contributed by atoms with E-state index in [4.69, 9.17) is 0 Å². The number of nitrogens with zero attached hydrogens (tertiary/aromatic N) is 2. The third kappa shape index (κ3) is 1.53. The summed E-state index contributed by atoms with van der Waals surface area (Å²) in [6.45, 7) is 3.61. The summed E-state index contributed by atoms with van der Waals surface area (Å²) < 4.78 is 1.95. The fraction of sp³-hybridized carbons (Fsp3) is 0.273. The highest BCUT2D eigenvalue weighted by Crippen LogP contribution is 2.11. The van der Waals surface area contributed by atoms with Gasteiger partial charge in [-0.05, 0) is 25.5 Å². The molecule has 0 aromatic carbocycles. The van der Waals surface area contributed by atoms with Gasteiger partial charge in [0.15, 0.2) is 0 Å². The number of carbonyl (C=O) groups excluding carboxylic acids is 1. The van der Waals surface area contributed by atoms with Crippen molar-refractivity contribution in [2.24, 2.45) is 0 Å². The van der Waals surface area contributed by atoms with E-state index in [9.17, 15) is 4.79 Å². The van der Waals surface area contributed by atoms with Gasteiger partial charge in [0.1, 0.15) is 5.78 Å². The molecule has 14 heavy (non-hydrogen) atoms. The summed E-state index contributed by atoms with van der Waals surface area (Å²) in [5.41, 5.74) is 3.06. The molecular weight excluding hydrogens is 176 g/mol. The molecular formula is C11H12N2O. The van der Waals surface area contributed by atoms with Gasteiger partial charge < -0.3 is 4.40 Å². The third-order valence-corrected chi connectivity index (χ3v) is 2.18. The monoisotopic (exact) mass is 188 g/mol. The molecule has 0 atom stereocenters. The molecule has 0 aliphatic rings. The summed E-state index contributed by atoms with van der Waals surface area (Å²) in [6.07, 6.45) is 4.17. The standard InChI is InChI=1S/C11H12N2O/c1-8-3-4-11-10(5-9(2)14)12-7-13(11)6-8/h3-4,6-7H,5H2,1-2H3. The molecule has 0 bridgehead atoms.